The maximum absolute atomic E-state index is 9.00. The summed E-state index contributed by atoms with van der Waals surface area (Å²) < 4.78 is 0. The van der Waals surface area contributed by atoms with Crippen molar-refractivity contribution in [3.05, 3.63) is 0 Å². The van der Waals surface area contributed by atoms with Crippen molar-refractivity contribution in [2.24, 2.45) is 0 Å². The van der Waals surface area contributed by atoms with Gasteiger partial charge >= 0.3 is 45.5 Å². The first-order chi connectivity index (χ1) is 3.15. The summed E-state index contributed by atoms with van der Waals surface area (Å²) in [6, 6.07) is 0. The van der Waals surface area contributed by atoms with Crippen LogP contribution in [-0.4, -0.2) is 67.2 Å². The van der Waals surface area contributed by atoms with Gasteiger partial charge in [0.15, 0.2) is 0 Å². The third-order valence-corrected chi connectivity index (χ3v) is 0. The predicted octanol–water partition coefficient (Wildman–Crippen LogP) is 0.000300. The van der Waals surface area contributed by atoms with Crippen LogP contribution in [0.1, 0.15) is 6.92 Å². The molecule has 5 nitrogen and oxygen atoms in total. The Kier molecular flexibility index (Phi) is 102. The molecule has 0 aliphatic carbocycles. The SMILES string of the molecule is CC(=O)O.N.N.OC=S.[SrH2]. The predicted molar refractivity (Wildman–Crippen MR) is 48.2 cm³/mol. The zero-order valence-electron chi connectivity index (χ0n) is 5.20. The summed E-state index contributed by atoms with van der Waals surface area (Å²) in [7, 11) is 0. The standard InChI is InChI=1S/C2H4O2.CH2OS.2H3N.Sr.2H/c1-2(3)4;2-1-3;;;;;/h1H3,(H,3,4);1H,(H,2,3);2*1H3;;;. The molecule has 0 aliphatic rings. The van der Waals surface area contributed by atoms with Gasteiger partial charge in [0.1, 0.15) is 5.55 Å². The van der Waals surface area contributed by atoms with E-state index in [0.717, 1.165) is 6.92 Å². The van der Waals surface area contributed by atoms with Gasteiger partial charge < -0.3 is 22.5 Å². The van der Waals surface area contributed by atoms with Gasteiger partial charge in [0, 0.05) is 6.92 Å². The average Bonchev–Trinajstić information content (AvgIpc) is 1.33. The molecule has 0 radical (unpaired) electrons. The number of aliphatic carboxylic acids is 1. The van der Waals surface area contributed by atoms with Crippen LogP contribution in [0.5, 0.6) is 0 Å². The van der Waals surface area contributed by atoms with E-state index in [1.807, 2.05) is 0 Å². The molecule has 0 unspecified atom stereocenters. The second-order valence-corrected chi connectivity index (χ2v) is 0.835. The Hall–Kier alpha value is 0.761. The van der Waals surface area contributed by atoms with E-state index < -0.39 is 5.97 Å². The molecule has 0 saturated heterocycles. The normalized spacial score (nSPS) is 3.70. The molecule has 0 atom stereocenters. The number of thiocarbonyl (C=S) groups is 1. The summed E-state index contributed by atoms with van der Waals surface area (Å²) in [5.74, 6) is -0.833. The number of hydrogen-bond donors (Lipinski definition) is 4. The van der Waals surface area contributed by atoms with E-state index in [-0.39, 0.29) is 57.8 Å². The van der Waals surface area contributed by atoms with Gasteiger partial charge in [-0.25, -0.2) is 0 Å². The van der Waals surface area contributed by atoms with Gasteiger partial charge in [-0.2, -0.15) is 0 Å². The van der Waals surface area contributed by atoms with Crippen molar-refractivity contribution in [2.45, 2.75) is 6.92 Å². The molecule has 0 spiro atoms. The van der Waals surface area contributed by atoms with E-state index in [0.29, 0.717) is 5.55 Å². The van der Waals surface area contributed by atoms with Crippen LogP contribution in [0.3, 0.4) is 0 Å². The number of carboxylic acids is 1. The molecule has 0 aliphatic heterocycles. The average molecular weight is 246 g/mol. The minimum absolute atomic E-state index is 0. The van der Waals surface area contributed by atoms with E-state index >= 15 is 0 Å². The van der Waals surface area contributed by atoms with Gasteiger partial charge in [-0.3, -0.25) is 4.79 Å². The Bertz CT molecular complexity index is 68.8. The molecule has 0 aromatic rings. The molecular formula is C3H14N2O3SSr. The van der Waals surface area contributed by atoms with Crippen LogP contribution in [-0.2, 0) is 4.79 Å². The fourth-order valence-corrected chi connectivity index (χ4v) is 0. The quantitative estimate of drug-likeness (QED) is 0.351. The Morgan fingerprint density at radius 2 is 1.50 bits per heavy atom. The Balaban J connectivity index is -0.0000000131. The Morgan fingerprint density at radius 1 is 1.50 bits per heavy atom. The molecule has 0 saturated carbocycles. The van der Waals surface area contributed by atoms with Crippen molar-refractivity contribution in [2.75, 3.05) is 0 Å². The summed E-state index contributed by atoms with van der Waals surface area (Å²) in [6.07, 6.45) is 0. The van der Waals surface area contributed by atoms with Gasteiger partial charge in [0.2, 0.25) is 0 Å². The van der Waals surface area contributed by atoms with Crippen LogP contribution in [0, 0.1) is 0 Å². The minimum atomic E-state index is -0.833. The van der Waals surface area contributed by atoms with Crippen LogP contribution in [0.25, 0.3) is 0 Å². The number of aliphatic hydroxyl groups is 1. The van der Waals surface area contributed by atoms with Gasteiger partial charge in [-0.05, 0) is 12.2 Å². The monoisotopic (exact) mass is 246 g/mol. The second-order valence-electron chi connectivity index (χ2n) is 0.624. The van der Waals surface area contributed by atoms with Crippen molar-refractivity contribution in [3.63, 3.8) is 0 Å². The summed E-state index contributed by atoms with van der Waals surface area (Å²) >= 11 is 3.82. The fourth-order valence-electron chi connectivity index (χ4n) is 0. The van der Waals surface area contributed by atoms with Gasteiger partial charge in [-0.1, -0.05) is 0 Å². The summed E-state index contributed by atoms with van der Waals surface area (Å²) in [5.41, 5.74) is 0.583. The van der Waals surface area contributed by atoms with Crippen LogP contribution in [0.2, 0.25) is 0 Å². The summed E-state index contributed by atoms with van der Waals surface area (Å²) in [5, 5.41) is 14.7. The maximum atomic E-state index is 9.00. The third kappa shape index (κ3) is 912. The number of hydrogen-bond acceptors (Lipinski definition) is 4. The first-order valence-electron chi connectivity index (χ1n) is 1.42. The van der Waals surface area contributed by atoms with E-state index in [4.69, 9.17) is 15.0 Å². The van der Waals surface area contributed by atoms with E-state index in [2.05, 4.69) is 12.2 Å². The van der Waals surface area contributed by atoms with Crippen LogP contribution in [0.4, 0.5) is 0 Å². The Morgan fingerprint density at radius 3 is 1.50 bits per heavy atom. The molecule has 0 rings (SSSR count). The summed E-state index contributed by atoms with van der Waals surface area (Å²) in [6.45, 7) is 1.08. The fraction of sp³-hybridized carbons (Fsp3) is 0.333. The molecule has 0 amide bonds. The van der Waals surface area contributed by atoms with Gasteiger partial charge in [0.25, 0.3) is 5.97 Å². The second kappa shape index (κ2) is 33.1. The molecule has 7 heteroatoms. The van der Waals surface area contributed by atoms with E-state index in [1.54, 1.807) is 0 Å². The van der Waals surface area contributed by atoms with Crippen LogP contribution in [0.15, 0.2) is 0 Å². The third-order valence-electron chi connectivity index (χ3n) is 0. The number of rotatable bonds is 0. The molecule has 0 aromatic heterocycles. The molecule has 0 fully saturated rings. The summed E-state index contributed by atoms with van der Waals surface area (Å²) in [4.78, 5) is 9.00. The van der Waals surface area contributed by atoms with Crippen molar-refractivity contribution in [1.82, 2.24) is 12.3 Å². The van der Waals surface area contributed by atoms with Gasteiger partial charge in [0.05, 0.1) is 0 Å². The molecule has 0 heterocycles. The van der Waals surface area contributed by atoms with Crippen LogP contribution >= 0.6 is 12.2 Å². The van der Waals surface area contributed by atoms with E-state index in [1.165, 1.54) is 0 Å². The van der Waals surface area contributed by atoms with Crippen LogP contribution < -0.4 is 12.3 Å². The molecule has 8 N–H and O–H groups in total. The Labute approximate surface area is 102 Å². The molecule has 0 aromatic carbocycles. The van der Waals surface area contributed by atoms with Crippen molar-refractivity contribution < 1.29 is 15.0 Å². The van der Waals surface area contributed by atoms with Gasteiger partial charge in [-0.15, -0.1) is 0 Å². The zero-order valence-corrected chi connectivity index (χ0v) is 6.02. The number of aliphatic hydroxyl groups excluding tert-OH is 1. The van der Waals surface area contributed by atoms with Crippen molar-refractivity contribution in [1.29, 1.82) is 0 Å². The zero-order chi connectivity index (χ0) is 6.28. The molecule has 0 bridgehead atoms. The van der Waals surface area contributed by atoms with E-state index in [9.17, 15) is 0 Å². The number of carbonyl (C=O) groups is 1. The first-order valence-corrected chi connectivity index (χ1v) is 1.89. The molecular weight excluding hydrogens is 232 g/mol. The number of carboxylic acid groups (broad SMARTS) is 1. The van der Waals surface area contributed by atoms with Crippen molar-refractivity contribution in [3.8, 4) is 0 Å². The first kappa shape index (κ1) is 30.9. The van der Waals surface area contributed by atoms with Crippen molar-refractivity contribution >= 4 is 69.2 Å². The topological polar surface area (TPSA) is 128 Å². The molecule has 62 valence electrons. The molecule has 10 heavy (non-hydrogen) atoms.